The quantitative estimate of drug-likeness (QED) is 0.643. The summed E-state index contributed by atoms with van der Waals surface area (Å²) in [7, 11) is 1.67. The van der Waals surface area contributed by atoms with Crippen molar-refractivity contribution in [3.05, 3.63) is 58.5 Å². The Morgan fingerprint density at radius 1 is 1.14 bits per heavy atom. The molecule has 3 heterocycles. The highest BCUT2D eigenvalue weighted by molar-refractivity contribution is 6.31. The molecule has 1 aliphatic rings. The second kappa shape index (κ2) is 8.97. The maximum absolute atomic E-state index is 6.40. The van der Waals surface area contributed by atoms with E-state index in [1.165, 1.54) is 0 Å². The first-order valence-corrected chi connectivity index (χ1v) is 10.4. The fourth-order valence-corrected chi connectivity index (χ4v) is 4.05. The fourth-order valence-electron chi connectivity index (χ4n) is 3.77. The molecule has 3 aromatic rings. The van der Waals surface area contributed by atoms with Gasteiger partial charge in [-0.15, -0.1) is 0 Å². The fraction of sp³-hybridized carbons (Fsp3) is 0.391. The van der Waals surface area contributed by atoms with Crippen LogP contribution in [0.2, 0.25) is 5.02 Å². The second-order valence-corrected chi connectivity index (χ2v) is 8.02. The van der Waals surface area contributed by atoms with Crippen LogP contribution in [0.1, 0.15) is 29.7 Å². The molecule has 0 radical (unpaired) electrons. The Kier molecular flexibility index (Phi) is 6.16. The first kappa shape index (κ1) is 19.9. The van der Waals surface area contributed by atoms with Crippen LogP contribution < -0.4 is 14.8 Å². The van der Waals surface area contributed by atoms with Gasteiger partial charge in [0.2, 0.25) is 0 Å². The number of rotatable bonds is 6. The monoisotopic (exact) mass is 411 g/mol. The molecule has 0 bridgehead atoms. The van der Waals surface area contributed by atoms with Crippen LogP contribution in [0.5, 0.6) is 11.5 Å². The summed E-state index contributed by atoms with van der Waals surface area (Å²) in [5.41, 5.74) is 3.90. The third-order valence-electron chi connectivity index (χ3n) is 5.46. The molecule has 152 valence electrons. The third kappa shape index (κ3) is 4.62. The van der Waals surface area contributed by atoms with Crippen LogP contribution in [-0.4, -0.2) is 36.8 Å². The number of ether oxygens (including phenoxy) is 2. The van der Waals surface area contributed by atoms with Gasteiger partial charge in [-0.05, 0) is 68.1 Å². The van der Waals surface area contributed by atoms with Crippen molar-refractivity contribution in [1.29, 1.82) is 0 Å². The molecule has 0 amide bonds. The zero-order valence-corrected chi connectivity index (χ0v) is 17.6. The minimum Gasteiger partial charge on any atom is -0.493 e. The number of nitrogens with zero attached hydrogens (tertiary/aromatic N) is 2. The van der Waals surface area contributed by atoms with Crippen LogP contribution in [0.25, 0.3) is 10.9 Å². The largest absolute Gasteiger partial charge is 0.493 e. The van der Waals surface area contributed by atoms with Gasteiger partial charge in [0.1, 0.15) is 0 Å². The van der Waals surface area contributed by atoms with Crippen molar-refractivity contribution in [3.8, 4) is 11.5 Å². The Morgan fingerprint density at radius 2 is 1.97 bits per heavy atom. The summed E-state index contributed by atoms with van der Waals surface area (Å²) in [6.07, 6.45) is 6.59. The molecule has 0 aliphatic carbocycles. The molecule has 1 aromatic carbocycles. The molecule has 1 aliphatic heterocycles. The lowest BCUT2D eigenvalue weighted by Crippen LogP contribution is -2.30. The van der Waals surface area contributed by atoms with Crippen molar-refractivity contribution in [1.82, 2.24) is 15.3 Å². The standard InChI is InChI=1S/C23H26ClN3O2/c1-15-9-19(24)21(27-13-15)10-17-5-8-26-20-12-23(22(28-2)11-18(17)20)29-14-16-3-6-25-7-4-16/h5,8-9,11-13,16,25H,3-4,6-7,10,14H2,1-2H3. The number of hydrogen-bond acceptors (Lipinski definition) is 5. The van der Waals surface area contributed by atoms with Gasteiger partial charge >= 0.3 is 0 Å². The highest BCUT2D eigenvalue weighted by Gasteiger charge is 2.16. The van der Waals surface area contributed by atoms with Crippen molar-refractivity contribution in [2.24, 2.45) is 5.92 Å². The molecule has 1 N–H and O–H groups in total. The zero-order chi connectivity index (χ0) is 20.2. The molecular formula is C23H26ClN3O2. The van der Waals surface area contributed by atoms with Gasteiger partial charge in [0, 0.05) is 30.3 Å². The van der Waals surface area contributed by atoms with Crippen LogP contribution >= 0.6 is 11.6 Å². The van der Waals surface area contributed by atoms with Crippen molar-refractivity contribution in [2.45, 2.75) is 26.2 Å². The van der Waals surface area contributed by atoms with E-state index in [2.05, 4.69) is 15.3 Å². The Hall–Kier alpha value is -2.37. The van der Waals surface area contributed by atoms with Gasteiger partial charge in [0.05, 0.1) is 29.9 Å². The molecule has 0 unspecified atom stereocenters. The van der Waals surface area contributed by atoms with E-state index in [1.807, 2.05) is 43.6 Å². The summed E-state index contributed by atoms with van der Waals surface area (Å²) in [6, 6.07) is 7.94. The first-order valence-electron chi connectivity index (χ1n) is 10.0. The van der Waals surface area contributed by atoms with Gasteiger partial charge in [0.25, 0.3) is 0 Å². The lowest BCUT2D eigenvalue weighted by atomic mass is 9.99. The molecule has 29 heavy (non-hydrogen) atoms. The van der Waals surface area contributed by atoms with Gasteiger partial charge in [-0.25, -0.2) is 0 Å². The SMILES string of the molecule is COc1cc2c(Cc3ncc(C)cc3Cl)ccnc2cc1OCC1CCNCC1. The van der Waals surface area contributed by atoms with Gasteiger partial charge in [0.15, 0.2) is 11.5 Å². The minimum atomic E-state index is 0.575. The van der Waals surface area contributed by atoms with Crippen molar-refractivity contribution in [2.75, 3.05) is 26.8 Å². The maximum atomic E-state index is 6.40. The van der Waals surface area contributed by atoms with Gasteiger partial charge in [-0.3, -0.25) is 9.97 Å². The number of benzene rings is 1. The van der Waals surface area contributed by atoms with E-state index in [1.54, 1.807) is 7.11 Å². The maximum Gasteiger partial charge on any atom is 0.163 e. The van der Waals surface area contributed by atoms with E-state index in [0.717, 1.165) is 65.2 Å². The number of nitrogens with one attached hydrogen (secondary N) is 1. The van der Waals surface area contributed by atoms with Crippen LogP contribution in [0.4, 0.5) is 0 Å². The number of pyridine rings is 2. The van der Waals surface area contributed by atoms with E-state index in [0.29, 0.717) is 24.0 Å². The van der Waals surface area contributed by atoms with Gasteiger partial charge in [-0.2, -0.15) is 0 Å². The Morgan fingerprint density at radius 3 is 2.72 bits per heavy atom. The topological polar surface area (TPSA) is 56.3 Å². The molecule has 1 fully saturated rings. The highest BCUT2D eigenvalue weighted by atomic mass is 35.5. The smallest absolute Gasteiger partial charge is 0.163 e. The zero-order valence-electron chi connectivity index (χ0n) is 16.9. The number of piperidine rings is 1. The molecule has 0 spiro atoms. The third-order valence-corrected chi connectivity index (χ3v) is 5.79. The predicted molar refractivity (Wildman–Crippen MR) is 116 cm³/mol. The molecule has 1 saturated heterocycles. The molecule has 2 aromatic heterocycles. The van der Waals surface area contributed by atoms with Crippen molar-refractivity contribution < 1.29 is 9.47 Å². The number of hydrogen-bond donors (Lipinski definition) is 1. The number of aromatic nitrogens is 2. The summed E-state index contributed by atoms with van der Waals surface area (Å²) in [4.78, 5) is 9.06. The summed E-state index contributed by atoms with van der Waals surface area (Å²) in [5, 5.41) is 5.10. The van der Waals surface area contributed by atoms with Crippen LogP contribution in [0.15, 0.2) is 36.7 Å². The van der Waals surface area contributed by atoms with E-state index in [9.17, 15) is 0 Å². The summed E-state index contributed by atoms with van der Waals surface area (Å²) < 4.78 is 11.8. The molecule has 0 saturated carbocycles. The van der Waals surface area contributed by atoms with Crippen molar-refractivity contribution in [3.63, 3.8) is 0 Å². The first-order chi connectivity index (χ1) is 14.1. The Bertz CT molecular complexity index is 1000. The van der Waals surface area contributed by atoms with E-state index >= 15 is 0 Å². The summed E-state index contributed by atoms with van der Waals surface area (Å²) in [5.74, 6) is 2.05. The molecular weight excluding hydrogens is 386 g/mol. The van der Waals surface area contributed by atoms with E-state index in [4.69, 9.17) is 21.1 Å². The summed E-state index contributed by atoms with van der Waals surface area (Å²) in [6.45, 7) is 4.81. The van der Waals surface area contributed by atoms with E-state index in [-0.39, 0.29) is 0 Å². The molecule has 5 nitrogen and oxygen atoms in total. The lowest BCUT2D eigenvalue weighted by molar-refractivity contribution is 0.208. The number of methoxy groups -OCH3 is 1. The predicted octanol–water partition coefficient (Wildman–Crippen LogP) is 4.57. The second-order valence-electron chi connectivity index (χ2n) is 7.61. The van der Waals surface area contributed by atoms with Crippen molar-refractivity contribution >= 4 is 22.5 Å². The Balaban J connectivity index is 1.62. The number of fused-ring (bicyclic) bond motifs is 1. The normalized spacial score (nSPS) is 14.9. The number of halogens is 1. The van der Waals surface area contributed by atoms with E-state index < -0.39 is 0 Å². The van der Waals surface area contributed by atoms with Gasteiger partial charge in [-0.1, -0.05) is 11.6 Å². The lowest BCUT2D eigenvalue weighted by Gasteiger charge is -2.23. The average molecular weight is 412 g/mol. The molecule has 0 atom stereocenters. The average Bonchev–Trinajstić information content (AvgIpc) is 2.74. The Labute approximate surface area is 176 Å². The minimum absolute atomic E-state index is 0.575. The molecule has 6 heteroatoms. The summed E-state index contributed by atoms with van der Waals surface area (Å²) >= 11 is 6.40. The van der Waals surface area contributed by atoms with Crippen LogP contribution in [-0.2, 0) is 6.42 Å². The van der Waals surface area contributed by atoms with Gasteiger partial charge < -0.3 is 14.8 Å². The number of aryl methyl sites for hydroxylation is 1. The van der Waals surface area contributed by atoms with Crippen LogP contribution in [0, 0.1) is 12.8 Å². The molecule has 4 rings (SSSR count). The van der Waals surface area contributed by atoms with Crippen LogP contribution in [0.3, 0.4) is 0 Å². The highest BCUT2D eigenvalue weighted by Crippen LogP contribution is 2.34.